The number of benzene rings is 1. The van der Waals surface area contributed by atoms with Gasteiger partial charge in [-0.25, -0.2) is 0 Å². The fourth-order valence-corrected chi connectivity index (χ4v) is 8.97. The van der Waals surface area contributed by atoms with Crippen molar-refractivity contribution >= 4 is 28.7 Å². The fourth-order valence-electron chi connectivity index (χ4n) is 8.97. The van der Waals surface area contributed by atoms with Gasteiger partial charge in [0.1, 0.15) is 29.8 Å². The summed E-state index contributed by atoms with van der Waals surface area (Å²) in [6.45, 7) is 15.6. The van der Waals surface area contributed by atoms with Crippen LogP contribution >= 0.6 is 0 Å². The van der Waals surface area contributed by atoms with Crippen LogP contribution in [0, 0.1) is 17.8 Å². The first-order valence-corrected chi connectivity index (χ1v) is 20.0. The van der Waals surface area contributed by atoms with Crippen molar-refractivity contribution in [1.82, 2.24) is 14.8 Å². The molecule has 0 saturated carbocycles. The zero-order valence-electron chi connectivity index (χ0n) is 34.7. The Labute approximate surface area is 327 Å². The van der Waals surface area contributed by atoms with E-state index in [0.717, 1.165) is 22.0 Å². The Bertz CT molecular complexity index is 1670. The second-order valence-corrected chi connectivity index (χ2v) is 17.2. The van der Waals surface area contributed by atoms with Gasteiger partial charge in [-0.15, -0.1) is 0 Å². The molecule has 0 amide bonds. The third-order valence-corrected chi connectivity index (χ3v) is 12.2. The molecule has 55 heavy (non-hydrogen) atoms. The van der Waals surface area contributed by atoms with Crippen LogP contribution in [0.1, 0.15) is 80.2 Å². The van der Waals surface area contributed by atoms with E-state index in [0.29, 0.717) is 25.8 Å². The first kappa shape index (κ1) is 43.3. The molecule has 4 aliphatic rings. The number of ketones is 1. The third-order valence-electron chi connectivity index (χ3n) is 12.2. The molecule has 5 heterocycles. The van der Waals surface area contributed by atoms with E-state index in [1.54, 1.807) is 13.8 Å². The van der Waals surface area contributed by atoms with E-state index in [-0.39, 0.29) is 37.3 Å². The molecule has 13 atom stereocenters. The van der Waals surface area contributed by atoms with Crippen molar-refractivity contribution in [3.63, 3.8) is 0 Å². The zero-order chi connectivity index (χ0) is 40.4. The van der Waals surface area contributed by atoms with Crippen molar-refractivity contribution in [1.29, 1.82) is 0 Å². The highest BCUT2D eigenvalue weighted by Gasteiger charge is 2.51. The molecular weight excluding hydrogens is 702 g/mol. The van der Waals surface area contributed by atoms with Gasteiger partial charge < -0.3 is 43.7 Å². The van der Waals surface area contributed by atoms with Gasteiger partial charge in [0.25, 0.3) is 0 Å². The van der Waals surface area contributed by atoms with E-state index in [1.165, 1.54) is 6.92 Å². The number of Topliss-reactive ketones (excluding diaryl/α,β-unsaturated/α-hetero) is 1. The Hall–Kier alpha value is -2.81. The minimum atomic E-state index is -1.63. The number of carbonyl (C=O) groups excluding carboxylic acids is 2. The van der Waals surface area contributed by atoms with Crippen molar-refractivity contribution in [2.75, 3.05) is 40.9 Å². The summed E-state index contributed by atoms with van der Waals surface area (Å²) in [6.07, 6.45) is 0.135. The lowest BCUT2D eigenvalue weighted by Crippen LogP contribution is -2.60. The largest absolute Gasteiger partial charge is 0.459 e. The topological polar surface area (TPSA) is 140 Å². The molecule has 12 nitrogen and oxygen atoms in total. The second-order valence-electron chi connectivity index (χ2n) is 17.2. The predicted molar refractivity (Wildman–Crippen MR) is 211 cm³/mol. The maximum Gasteiger partial charge on any atom is 0.316 e. The molecule has 4 aliphatic heterocycles. The molecule has 4 saturated heterocycles. The van der Waals surface area contributed by atoms with Crippen LogP contribution in [0.25, 0.3) is 17.0 Å². The number of rotatable bonds is 5. The predicted octanol–water partition coefficient (Wildman–Crippen LogP) is 4.88. The minimum absolute atomic E-state index is 0.000968. The molecule has 1 unspecified atom stereocenters. The van der Waals surface area contributed by atoms with E-state index in [9.17, 15) is 19.8 Å². The highest BCUT2D eigenvalue weighted by atomic mass is 16.7. The first-order valence-electron chi connectivity index (χ1n) is 20.0. The molecule has 2 N–H and O–H groups in total. The Kier molecular flexibility index (Phi) is 14.0. The number of hydrogen-bond donors (Lipinski definition) is 2. The van der Waals surface area contributed by atoms with Crippen LogP contribution in [0.4, 0.5) is 0 Å². The number of pyridine rings is 1. The van der Waals surface area contributed by atoms with Crippen molar-refractivity contribution < 1.29 is 43.5 Å². The van der Waals surface area contributed by atoms with Gasteiger partial charge in [0.2, 0.25) is 0 Å². The van der Waals surface area contributed by atoms with Crippen LogP contribution in [0.15, 0.2) is 42.1 Å². The molecule has 1 aromatic heterocycles. The maximum absolute atomic E-state index is 14.5. The number of fused-ring (bicyclic) bond motifs is 16. The van der Waals surface area contributed by atoms with Gasteiger partial charge in [-0.2, -0.15) is 0 Å². The summed E-state index contributed by atoms with van der Waals surface area (Å²) in [5.74, 6) is -3.19. The van der Waals surface area contributed by atoms with Crippen molar-refractivity contribution in [3.8, 4) is 0 Å². The van der Waals surface area contributed by atoms with Crippen molar-refractivity contribution in [3.05, 3.63) is 47.7 Å². The molecule has 0 radical (unpaired) electrons. The monoisotopic (exact) mass is 767 g/mol. The summed E-state index contributed by atoms with van der Waals surface area (Å²) in [4.78, 5) is 37.2. The highest BCUT2D eigenvalue weighted by molar-refractivity contribution is 6.00. The number of ether oxygens (including phenoxy) is 5. The lowest BCUT2D eigenvalue weighted by atomic mass is 9.78. The van der Waals surface area contributed by atoms with Crippen molar-refractivity contribution in [2.24, 2.45) is 17.8 Å². The number of hydrogen-bond acceptors (Lipinski definition) is 12. The normalized spacial score (nSPS) is 40.0. The Morgan fingerprint density at radius 2 is 1.80 bits per heavy atom. The highest BCUT2D eigenvalue weighted by Crippen LogP contribution is 2.39. The average Bonchev–Trinajstić information content (AvgIpc) is 3.13. The van der Waals surface area contributed by atoms with Crippen LogP contribution in [0.3, 0.4) is 0 Å². The second kappa shape index (κ2) is 17.8. The smallest absolute Gasteiger partial charge is 0.316 e. The number of likely N-dealkylation sites (N-methyl/N-ethyl adjacent to an activating group) is 2. The number of carbonyl (C=O) groups is 2. The van der Waals surface area contributed by atoms with Gasteiger partial charge in [-0.3, -0.25) is 14.6 Å². The van der Waals surface area contributed by atoms with Crippen molar-refractivity contribution in [2.45, 2.75) is 135 Å². The van der Waals surface area contributed by atoms with Crippen LogP contribution < -0.4 is 0 Å². The molecule has 2 bridgehead atoms. The van der Waals surface area contributed by atoms with Gasteiger partial charge in [0.05, 0.1) is 36.5 Å². The summed E-state index contributed by atoms with van der Waals surface area (Å²) in [7, 11) is 5.82. The van der Waals surface area contributed by atoms with Gasteiger partial charge in [-0.1, -0.05) is 39.0 Å². The molecular formula is C43H65N3O9. The van der Waals surface area contributed by atoms with Crippen LogP contribution in [-0.4, -0.2) is 138 Å². The first-order chi connectivity index (χ1) is 25.9. The SMILES string of the molecule is CC[C@H]1OC(=O)C(C)C(=O)[C@H](C)[C@@H](O[C@@H]2O[C@H](C)C[C@H](N(C)C)[C@H]2O)[C@@]2(C)C[C@@H](C)CN(C)[C@H](C)[C@H](OC/C(=C/c3cnc4ccccc4c3)CO2)[C@]1(C)O. The van der Waals surface area contributed by atoms with Gasteiger partial charge in [0.15, 0.2) is 12.1 Å². The Balaban J connectivity index is 1.68. The van der Waals surface area contributed by atoms with E-state index >= 15 is 0 Å². The Morgan fingerprint density at radius 1 is 1.09 bits per heavy atom. The number of aromatic nitrogens is 1. The number of nitrogens with zero attached hydrogens (tertiary/aromatic N) is 3. The van der Waals surface area contributed by atoms with Crippen LogP contribution in [0.5, 0.6) is 0 Å². The molecule has 2 aromatic rings. The molecule has 0 spiro atoms. The van der Waals surface area contributed by atoms with Gasteiger partial charge in [0, 0.05) is 36.1 Å². The van der Waals surface area contributed by atoms with Gasteiger partial charge >= 0.3 is 5.97 Å². The van der Waals surface area contributed by atoms with Gasteiger partial charge in [-0.05, 0) is 110 Å². The third kappa shape index (κ3) is 9.67. The summed E-state index contributed by atoms with van der Waals surface area (Å²) >= 11 is 0. The summed E-state index contributed by atoms with van der Waals surface area (Å²) in [5.41, 5.74) is -0.265. The number of aliphatic hydroxyl groups is 2. The lowest BCUT2D eigenvalue weighted by Gasteiger charge is -2.48. The quantitative estimate of drug-likeness (QED) is 0.317. The van der Waals surface area contributed by atoms with E-state index in [2.05, 4.69) is 22.9 Å². The molecule has 1 aromatic carbocycles. The Morgan fingerprint density at radius 3 is 2.49 bits per heavy atom. The number of aliphatic hydroxyl groups excluding tert-OH is 1. The van der Waals surface area contributed by atoms with Crippen LogP contribution in [-0.2, 0) is 33.3 Å². The fraction of sp³-hybridized carbons (Fsp3) is 0.698. The number of esters is 1. The standard InChI is InChI=1S/C43H65N3O9/c1-12-35-43(8,50)39-29(6)46(11)22-25(2)20-42(7,52-24-31(23-51-39)18-30-19-32-15-13-14-16-33(32)44-21-30)38(27(4)36(47)28(5)40(49)54-35)55-41-37(48)34(45(9)10)17-26(3)53-41/h13-16,18-19,21,25-29,34-35,37-39,41,48,50H,12,17,20,22-24H2,1-11H3/b31-18-/t25-,26-,27+,28?,29-,34+,35-,37-,38-,39+,41+,42-,43-/m1/s1. The van der Waals surface area contributed by atoms with E-state index < -0.39 is 65.5 Å². The lowest BCUT2D eigenvalue weighted by molar-refractivity contribution is -0.297. The summed E-state index contributed by atoms with van der Waals surface area (Å²) in [6, 6.07) is 9.41. The minimum Gasteiger partial charge on any atom is -0.459 e. The molecule has 0 aliphatic carbocycles. The zero-order valence-corrected chi connectivity index (χ0v) is 34.7. The molecule has 306 valence electrons. The van der Waals surface area contributed by atoms with Crippen LogP contribution in [0.2, 0.25) is 0 Å². The number of para-hydroxylation sites is 1. The molecule has 12 heteroatoms. The average molecular weight is 768 g/mol. The molecule has 4 fully saturated rings. The summed E-state index contributed by atoms with van der Waals surface area (Å²) < 4.78 is 33.0. The van der Waals surface area contributed by atoms with E-state index in [1.807, 2.05) is 90.3 Å². The maximum atomic E-state index is 14.5. The molecule has 6 rings (SSSR count). The van der Waals surface area contributed by atoms with E-state index in [4.69, 9.17) is 23.7 Å². The summed E-state index contributed by atoms with van der Waals surface area (Å²) in [5, 5.41) is 25.0.